The van der Waals surface area contributed by atoms with Gasteiger partial charge in [0.15, 0.2) is 6.61 Å². The maximum absolute atomic E-state index is 12.5. The number of benzene rings is 1. The SMILES string of the molecule is C[C@H]1CCCC[C@H]1NC(=O)COC(=O)c1cc(S(=O)(=O)NC2CC2)c(Cl)cc1Cl. The van der Waals surface area contributed by atoms with Crippen molar-refractivity contribution in [2.75, 3.05) is 6.61 Å². The van der Waals surface area contributed by atoms with Gasteiger partial charge in [0.2, 0.25) is 10.0 Å². The summed E-state index contributed by atoms with van der Waals surface area (Å²) in [5.41, 5.74) is -0.161. The zero-order valence-electron chi connectivity index (χ0n) is 16.0. The van der Waals surface area contributed by atoms with Gasteiger partial charge in [-0.15, -0.1) is 0 Å². The van der Waals surface area contributed by atoms with E-state index in [4.69, 9.17) is 27.9 Å². The van der Waals surface area contributed by atoms with E-state index in [0.29, 0.717) is 5.92 Å². The van der Waals surface area contributed by atoms with E-state index in [-0.39, 0.29) is 32.6 Å². The Morgan fingerprint density at radius 2 is 1.79 bits per heavy atom. The molecule has 2 N–H and O–H groups in total. The van der Waals surface area contributed by atoms with E-state index in [1.807, 2.05) is 0 Å². The van der Waals surface area contributed by atoms with Crippen LogP contribution < -0.4 is 10.0 Å². The molecule has 0 saturated heterocycles. The number of hydrogen-bond donors (Lipinski definition) is 2. The van der Waals surface area contributed by atoms with Gasteiger partial charge < -0.3 is 10.1 Å². The van der Waals surface area contributed by atoms with Gasteiger partial charge in [0.25, 0.3) is 5.91 Å². The normalized spacial score (nSPS) is 22.2. The summed E-state index contributed by atoms with van der Waals surface area (Å²) in [7, 11) is -3.88. The lowest BCUT2D eigenvalue weighted by molar-refractivity contribution is -0.125. The second-order valence-electron chi connectivity index (χ2n) is 7.67. The number of ether oxygens (including phenoxy) is 1. The van der Waals surface area contributed by atoms with Crippen LogP contribution in [-0.2, 0) is 19.6 Å². The number of sulfonamides is 1. The summed E-state index contributed by atoms with van der Waals surface area (Å²) in [5, 5.41) is 2.74. The van der Waals surface area contributed by atoms with Crippen LogP contribution in [0.15, 0.2) is 17.0 Å². The first kappa shape index (κ1) is 22.3. The number of hydrogen-bond acceptors (Lipinski definition) is 5. The summed E-state index contributed by atoms with van der Waals surface area (Å²) < 4.78 is 32.5. The van der Waals surface area contributed by atoms with Crippen LogP contribution in [0.2, 0.25) is 10.0 Å². The lowest BCUT2D eigenvalue weighted by atomic mass is 9.86. The predicted octanol–water partition coefficient (Wildman–Crippen LogP) is 3.29. The Labute approximate surface area is 180 Å². The van der Waals surface area contributed by atoms with Crippen LogP contribution in [0.4, 0.5) is 0 Å². The van der Waals surface area contributed by atoms with Crippen molar-refractivity contribution in [1.29, 1.82) is 0 Å². The maximum Gasteiger partial charge on any atom is 0.340 e. The molecule has 2 saturated carbocycles. The Balaban J connectivity index is 1.65. The van der Waals surface area contributed by atoms with Crippen LogP contribution in [0, 0.1) is 5.92 Å². The molecule has 0 bridgehead atoms. The van der Waals surface area contributed by atoms with Gasteiger partial charge in [-0.2, -0.15) is 0 Å². The summed E-state index contributed by atoms with van der Waals surface area (Å²) >= 11 is 12.1. The Kier molecular flexibility index (Phi) is 7.09. The van der Waals surface area contributed by atoms with Crippen molar-refractivity contribution in [3.8, 4) is 0 Å². The summed E-state index contributed by atoms with van der Waals surface area (Å²) in [5.74, 6) is -0.910. The highest BCUT2D eigenvalue weighted by molar-refractivity contribution is 7.89. The highest BCUT2D eigenvalue weighted by Crippen LogP contribution is 2.31. The standard InChI is InChI=1S/C19H24Cl2N2O5S/c1-11-4-2-3-5-16(11)22-18(24)10-28-19(25)13-8-17(15(21)9-14(13)20)29(26,27)23-12-6-7-12/h8-9,11-12,16,23H,2-7,10H2,1H3,(H,22,24)/t11-,16+/m0/s1. The Morgan fingerprint density at radius 1 is 1.10 bits per heavy atom. The van der Waals surface area contributed by atoms with E-state index >= 15 is 0 Å². The van der Waals surface area contributed by atoms with Crippen molar-refractivity contribution in [1.82, 2.24) is 10.0 Å². The lowest BCUT2D eigenvalue weighted by Gasteiger charge is -2.29. The van der Waals surface area contributed by atoms with Crippen LogP contribution in [-0.4, -0.2) is 39.0 Å². The number of esters is 1. The van der Waals surface area contributed by atoms with Gasteiger partial charge in [0.1, 0.15) is 4.90 Å². The monoisotopic (exact) mass is 462 g/mol. The molecular formula is C19H24Cl2N2O5S. The summed E-state index contributed by atoms with van der Waals surface area (Å²) in [6.45, 7) is 1.62. The van der Waals surface area contributed by atoms with Gasteiger partial charge in [0, 0.05) is 12.1 Å². The summed E-state index contributed by atoms with van der Waals surface area (Å²) in [6, 6.07) is 2.22. The second kappa shape index (κ2) is 9.20. The molecular weight excluding hydrogens is 439 g/mol. The molecule has 2 fully saturated rings. The third kappa shape index (κ3) is 5.84. The minimum atomic E-state index is -3.88. The molecule has 10 heteroatoms. The fourth-order valence-corrected chi connectivity index (χ4v) is 5.52. The van der Waals surface area contributed by atoms with E-state index in [2.05, 4.69) is 17.0 Å². The molecule has 0 aromatic heterocycles. The molecule has 0 heterocycles. The molecule has 0 aliphatic heterocycles. The van der Waals surface area contributed by atoms with Crippen LogP contribution in [0.25, 0.3) is 0 Å². The zero-order valence-corrected chi connectivity index (χ0v) is 18.4. The third-order valence-electron chi connectivity index (χ3n) is 5.22. The zero-order chi connectivity index (χ0) is 21.2. The molecule has 3 rings (SSSR count). The molecule has 160 valence electrons. The Bertz CT molecular complexity index is 902. The van der Waals surface area contributed by atoms with E-state index in [1.165, 1.54) is 6.07 Å². The minimum absolute atomic E-state index is 0.0494. The molecule has 1 amide bonds. The Hall–Kier alpha value is -1.35. The molecule has 2 aliphatic carbocycles. The van der Waals surface area contributed by atoms with Gasteiger partial charge in [-0.3, -0.25) is 4.79 Å². The van der Waals surface area contributed by atoms with Gasteiger partial charge >= 0.3 is 5.97 Å². The molecule has 29 heavy (non-hydrogen) atoms. The number of amides is 1. The molecule has 2 atom stereocenters. The highest BCUT2D eigenvalue weighted by atomic mass is 35.5. The first-order chi connectivity index (χ1) is 13.7. The van der Waals surface area contributed by atoms with Crippen molar-refractivity contribution in [3.05, 3.63) is 27.7 Å². The van der Waals surface area contributed by atoms with E-state index in [1.54, 1.807) is 0 Å². The second-order valence-corrected chi connectivity index (χ2v) is 10.2. The summed E-state index contributed by atoms with van der Waals surface area (Å²) in [4.78, 5) is 24.3. The molecule has 0 unspecified atom stereocenters. The predicted molar refractivity (Wildman–Crippen MR) is 110 cm³/mol. The molecule has 1 aromatic rings. The first-order valence-corrected chi connectivity index (χ1v) is 11.9. The first-order valence-electron chi connectivity index (χ1n) is 9.65. The molecule has 0 radical (unpaired) electrons. The van der Waals surface area contributed by atoms with E-state index in [0.717, 1.165) is 44.6 Å². The van der Waals surface area contributed by atoms with Gasteiger partial charge in [-0.25, -0.2) is 17.9 Å². The minimum Gasteiger partial charge on any atom is -0.452 e. The van der Waals surface area contributed by atoms with E-state index < -0.39 is 28.5 Å². The van der Waals surface area contributed by atoms with E-state index in [9.17, 15) is 18.0 Å². The maximum atomic E-state index is 12.5. The Morgan fingerprint density at radius 3 is 2.45 bits per heavy atom. The van der Waals surface area contributed by atoms with Crippen LogP contribution >= 0.6 is 23.2 Å². The topological polar surface area (TPSA) is 102 Å². The van der Waals surface area contributed by atoms with Crippen molar-refractivity contribution < 1.29 is 22.7 Å². The molecule has 2 aliphatic rings. The molecule has 1 aromatic carbocycles. The number of rotatable bonds is 7. The van der Waals surface area contributed by atoms with Crippen molar-refractivity contribution in [2.45, 2.75) is 62.4 Å². The number of halogens is 2. The van der Waals surface area contributed by atoms with Crippen molar-refractivity contribution in [2.24, 2.45) is 5.92 Å². The van der Waals surface area contributed by atoms with Gasteiger partial charge in [-0.1, -0.05) is 43.0 Å². The largest absolute Gasteiger partial charge is 0.452 e. The lowest BCUT2D eigenvalue weighted by Crippen LogP contribution is -2.42. The van der Waals surface area contributed by atoms with Crippen LogP contribution in [0.1, 0.15) is 55.8 Å². The molecule has 0 spiro atoms. The van der Waals surface area contributed by atoms with Crippen LogP contribution in [0.3, 0.4) is 0 Å². The number of carbonyl (C=O) groups is 2. The van der Waals surface area contributed by atoms with Gasteiger partial charge in [-0.05, 0) is 43.7 Å². The highest BCUT2D eigenvalue weighted by Gasteiger charge is 2.31. The van der Waals surface area contributed by atoms with Crippen molar-refractivity contribution in [3.63, 3.8) is 0 Å². The average molecular weight is 463 g/mol. The van der Waals surface area contributed by atoms with Crippen molar-refractivity contribution >= 4 is 45.1 Å². The fourth-order valence-electron chi connectivity index (χ4n) is 3.36. The van der Waals surface area contributed by atoms with Gasteiger partial charge in [0.05, 0.1) is 15.6 Å². The molecule has 7 nitrogen and oxygen atoms in total. The smallest absolute Gasteiger partial charge is 0.340 e. The summed E-state index contributed by atoms with van der Waals surface area (Å²) in [6.07, 6.45) is 5.68. The fraction of sp³-hybridized carbons (Fsp3) is 0.579. The quantitative estimate of drug-likeness (QED) is 0.605. The third-order valence-corrected chi connectivity index (χ3v) is 7.52. The number of carbonyl (C=O) groups excluding carboxylic acids is 2. The number of nitrogens with one attached hydrogen (secondary N) is 2. The van der Waals surface area contributed by atoms with Crippen LogP contribution in [0.5, 0.6) is 0 Å². The average Bonchev–Trinajstić information content (AvgIpc) is 3.44.